The van der Waals surface area contributed by atoms with Gasteiger partial charge in [0, 0.05) is 10.6 Å². The number of carbonyl (C=O) groups is 1. The first-order valence-corrected chi connectivity index (χ1v) is 10.2. The lowest BCUT2D eigenvalue weighted by Gasteiger charge is -2.12. The van der Waals surface area contributed by atoms with Crippen molar-refractivity contribution in [3.63, 3.8) is 0 Å². The van der Waals surface area contributed by atoms with Gasteiger partial charge in [-0.15, -0.1) is 11.3 Å². The minimum absolute atomic E-state index is 0.00644. The van der Waals surface area contributed by atoms with Gasteiger partial charge in [-0.1, -0.05) is 30.3 Å². The maximum atomic E-state index is 12.7. The molecule has 0 aliphatic rings. The van der Waals surface area contributed by atoms with Crippen LogP contribution in [0.1, 0.15) is 21.6 Å². The molecule has 152 valence electrons. The Balaban J connectivity index is 1.79. The maximum Gasteiger partial charge on any atom is 0.266 e. The summed E-state index contributed by atoms with van der Waals surface area (Å²) in [5, 5.41) is 14.3. The molecule has 0 saturated heterocycles. The molecule has 0 fully saturated rings. The van der Waals surface area contributed by atoms with Gasteiger partial charge >= 0.3 is 0 Å². The number of aryl methyl sites for hydroxylation is 2. The van der Waals surface area contributed by atoms with Crippen LogP contribution in [0.15, 0.2) is 59.5 Å². The predicted molar refractivity (Wildman–Crippen MR) is 120 cm³/mol. The number of hydrogen-bond acceptors (Lipinski definition) is 5. The average molecular weight is 419 g/mol. The van der Waals surface area contributed by atoms with Crippen LogP contribution in [-0.4, -0.2) is 13.0 Å². The third-order valence-electron chi connectivity index (χ3n) is 4.53. The summed E-state index contributed by atoms with van der Waals surface area (Å²) in [4.78, 5) is 13.8. The first-order chi connectivity index (χ1) is 14.5. The van der Waals surface area contributed by atoms with Crippen LogP contribution in [0.5, 0.6) is 11.5 Å². The Morgan fingerprint density at radius 2 is 1.90 bits per heavy atom. The van der Waals surface area contributed by atoms with E-state index in [-0.39, 0.29) is 5.57 Å². The van der Waals surface area contributed by atoms with Crippen molar-refractivity contribution >= 4 is 29.0 Å². The van der Waals surface area contributed by atoms with Crippen molar-refractivity contribution in [2.75, 3.05) is 12.4 Å². The van der Waals surface area contributed by atoms with E-state index in [2.05, 4.69) is 5.32 Å². The summed E-state index contributed by atoms with van der Waals surface area (Å²) >= 11 is 1.62. The number of nitriles is 1. The van der Waals surface area contributed by atoms with Crippen molar-refractivity contribution in [2.45, 2.75) is 20.5 Å². The van der Waals surface area contributed by atoms with E-state index in [0.29, 0.717) is 23.7 Å². The number of nitrogens with one attached hydrogen (secondary N) is 1. The fourth-order valence-electron chi connectivity index (χ4n) is 2.94. The highest BCUT2D eigenvalue weighted by atomic mass is 32.1. The number of rotatable bonds is 7. The van der Waals surface area contributed by atoms with Gasteiger partial charge in [0.25, 0.3) is 5.91 Å². The molecule has 6 heteroatoms. The molecule has 3 rings (SSSR count). The van der Waals surface area contributed by atoms with Gasteiger partial charge in [0.2, 0.25) is 0 Å². The van der Waals surface area contributed by atoms with Crippen molar-refractivity contribution in [3.8, 4) is 17.6 Å². The summed E-state index contributed by atoms with van der Waals surface area (Å²) in [5.41, 5.74) is 3.28. The quantitative estimate of drug-likeness (QED) is 0.406. The zero-order valence-corrected chi connectivity index (χ0v) is 17.9. The van der Waals surface area contributed by atoms with Gasteiger partial charge < -0.3 is 14.8 Å². The molecule has 2 aromatic carbocycles. The normalized spacial score (nSPS) is 10.9. The van der Waals surface area contributed by atoms with Gasteiger partial charge in [-0.05, 0) is 60.2 Å². The highest BCUT2D eigenvalue weighted by molar-refractivity contribution is 7.09. The lowest BCUT2D eigenvalue weighted by molar-refractivity contribution is -0.112. The average Bonchev–Trinajstić information content (AvgIpc) is 3.27. The predicted octanol–water partition coefficient (Wildman–Crippen LogP) is 5.50. The Kier molecular flexibility index (Phi) is 6.89. The molecule has 1 aromatic heterocycles. The van der Waals surface area contributed by atoms with Gasteiger partial charge in [0.05, 0.1) is 7.11 Å². The second kappa shape index (κ2) is 9.77. The Hall–Kier alpha value is -3.56. The van der Waals surface area contributed by atoms with Gasteiger partial charge in [0.1, 0.15) is 18.2 Å². The first-order valence-electron chi connectivity index (χ1n) is 9.34. The van der Waals surface area contributed by atoms with Crippen molar-refractivity contribution in [2.24, 2.45) is 0 Å². The monoisotopic (exact) mass is 418 g/mol. The van der Waals surface area contributed by atoms with Crippen LogP contribution in [0.25, 0.3) is 6.08 Å². The summed E-state index contributed by atoms with van der Waals surface area (Å²) in [7, 11) is 1.56. The first kappa shape index (κ1) is 21.2. The molecule has 0 saturated carbocycles. The number of carbonyl (C=O) groups excluding carboxylic acids is 1. The van der Waals surface area contributed by atoms with E-state index in [1.165, 1.54) is 6.08 Å². The van der Waals surface area contributed by atoms with Gasteiger partial charge in [-0.2, -0.15) is 5.26 Å². The van der Waals surface area contributed by atoms with Crippen LogP contribution in [0, 0.1) is 25.2 Å². The standard InChI is InChI=1S/C24H22N2O3S/c1-16-6-4-7-17(2)23(16)26-24(27)19(14-25)12-18-9-10-21(22(13-18)28-3)29-15-20-8-5-11-30-20/h4-13H,15H2,1-3H3,(H,26,27)/b19-12+. The number of para-hydroxylation sites is 1. The summed E-state index contributed by atoms with van der Waals surface area (Å²) in [5.74, 6) is 0.682. The zero-order chi connectivity index (χ0) is 21.5. The van der Waals surface area contributed by atoms with Crippen molar-refractivity contribution < 1.29 is 14.3 Å². The molecule has 0 spiro atoms. The molecular formula is C24H22N2O3S. The molecule has 1 heterocycles. The Morgan fingerprint density at radius 3 is 2.53 bits per heavy atom. The molecule has 3 aromatic rings. The molecular weight excluding hydrogens is 396 g/mol. The SMILES string of the molecule is COc1cc(/C=C(\C#N)C(=O)Nc2c(C)cccc2C)ccc1OCc1cccs1. The largest absolute Gasteiger partial charge is 0.493 e. The molecule has 0 unspecified atom stereocenters. The third kappa shape index (κ3) is 5.07. The minimum atomic E-state index is -0.452. The number of thiophene rings is 1. The Labute approximate surface area is 180 Å². The lowest BCUT2D eigenvalue weighted by Crippen LogP contribution is -2.15. The summed E-state index contributed by atoms with van der Waals surface area (Å²) in [6, 6.07) is 17.0. The zero-order valence-electron chi connectivity index (χ0n) is 17.1. The van der Waals surface area contributed by atoms with E-state index < -0.39 is 5.91 Å². The number of ether oxygens (including phenoxy) is 2. The van der Waals surface area contributed by atoms with Crippen LogP contribution in [0.2, 0.25) is 0 Å². The highest BCUT2D eigenvalue weighted by Crippen LogP contribution is 2.30. The molecule has 5 nitrogen and oxygen atoms in total. The Morgan fingerprint density at radius 1 is 1.13 bits per heavy atom. The lowest BCUT2D eigenvalue weighted by atomic mass is 10.1. The summed E-state index contributed by atoms with van der Waals surface area (Å²) < 4.78 is 11.3. The van der Waals surface area contributed by atoms with Crippen LogP contribution < -0.4 is 14.8 Å². The number of anilines is 1. The number of hydrogen-bond donors (Lipinski definition) is 1. The van der Waals surface area contributed by atoms with Crippen molar-refractivity contribution in [1.82, 2.24) is 0 Å². The highest BCUT2D eigenvalue weighted by Gasteiger charge is 2.13. The molecule has 30 heavy (non-hydrogen) atoms. The summed E-state index contributed by atoms with van der Waals surface area (Å²) in [6.07, 6.45) is 1.54. The van der Waals surface area contributed by atoms with Crippen LogP contribution in [-0.2, 0) is 11.4 Å². The van der Waals surface area contributed by atoms with Gasteiger partial charge in [-0.3, -0.25) is 4.79 Å². The van der Waals surface area contributed by atoms with E-state index in [9.17, 15) is 10.1 Å². The van der Waals surface area contributed by atoms with Crippen LogP contribution >= 0.6 is 11.3 Å². The molecule has 0 bridgehead atoms. The number of benzene rings is 2. The maximum absolute atomic E-state index is 12.7. The number of nitrogens with zero attached hydrogens (tertiary/aromatic N) is 1. The minimum Gasteiger partial charge on any atom is -0.493 e. The van der Waals surface area contributed by atoms with Crippen LogP contribution in [0.3, 0.4) is 0 Å². The fraction of sp³-hybridized carbons (Fsp3) is 0.167. The van der Waals surface area contributed by atoms with E-state index in [4.69, 9.17) is 9.47 Å². The fourth-order valence-corrected chi connectivity index (χ4v) is 3.56. The number of amides is 1. The third-order valence-corrected chi connectivity index (χ3v) is 5.38. The van der Waals surface area contributed by atoms with E-state index in [0.717, 1.165) is 21.7 Å². The molecule has 0 atom stereocenters. The van der Waals surface area contributed by atoms with Crippen LogP contribution in [0.4, 0.5) is 5.69 Å². The van der Waals surface area contributed by atoms with E-state index >= 15 is 0 Å². The number of methoxy groups -OCH3 is 1. The van der Waals surface area contributed by atoms with Crippen molar-refractivity contribution in [1.29, 1.82) is 5.26 Å². The summed E-state index contributed by atoms with van der Waals surface area (Å²) in [6.45, 7) is 4.28. The Bertz CT molecular complexity index is 1090. The van der Waals surface area contributed by atoms with E-state index in [1.807, 2.05) is 55.6 Å². The molecule has 0 aliphatic carbocycles. The van der Waals surface area contributed by atoms with Crippen molar-refractivity contribution in [3.05, 3.63) is 81.1 Å². The molecule has 0 aliphatic heterocycles. The molecule has 1 N–H and O–H groups in total. The van der Waals surface area contributed by atoms with Gasteiger partial charge in [-0.25, -0.2) is 0 Å². The topological polar surface area (TPSA) is 71.3 Å². The van der Waals surface area contributed by atoms with E-state index in [1.54, 1.807) is 36.6 Å². The molecule has 0 radical (unpaired) electrons. The molecule has 1 amide bonds. The second-order valence-electron chi connectivity index (χ2n) is 6.67. The second-order valence-corrected chi connectivity index (χ2v) is 7.70. The van der Waals surface area contributed by atoms with Gasteiger partial charge in [0.15, 0.2) is 11.5 Å². The smallest absolute Gasteiger partial charge is 0.266 e.